The van der Waals surface area contributed by atoms with E-state index in [0.717, 1.165) is 10.8 Å². The molecule has 2 aromatic heterocycles. The molecule has 0 radical (unpaired) electrons. The van der Waals surface area contributed by atoms with Gasteiger partial charge >= 0.3 is 5.78 Å². The molecule has 3 aromatic rings. The summed E-state index contributed by atoms with van der Waals surface area (Å²) in [5.41, 5.74) is 0.800. The molecule has 1 amide bonds. The molecule has 0 aliphatic heterocycles. The molecule has 168 valence electrons. The van der Waals surface area contributed by atoms with Crippen LogP contribution < -0.4 is 16.2 Å². The third-order valence-electron chi connectivity index (χ3n) is 4.63. The van der Waals surface area contributed by atoms with Crippen LogP contribution in [0.5, 0.6) is 0 Å². The number of hydrogen-bond donors (Lipinski definition) is 2. The van der Waals surface area contributed by atoms with Crippen molar-refractivity contribution in [2.24, 2.45) is 0 Å². The Morgan fingerprint density at radius 1 is 1.25 bits per heavy atom. The van der Waals surface area contributed by atoms with Gasteiger partial charge in [-0.3, -0.25) is 19.0 Å². The zero-order valence-electron chi connectivity index (χ0n) is 17.7. The van der Waals surface area contributed by atoms with E-state index in [-0.39, 0.29) is 29.6 Å². The molecule has 0 aliphatic carbocycles. The first kappa shape index (κ1) is 23.7. The van der Waals surface area contributed by atoms with Crippen LogP contribution in [0.2, 0.25) is 0 Å². The Kier molecular flexibility index (Phi) is 9.00. The van der Waals surface area contributed by atoms with Gasteiger partial charge in [0.1, 0.15) is 23.3 Å². The van der Waals surface area contributed by atoms with Crippen molar-refractivity contribution >= 4 is 40.6 Å². The molecule has 0 aliphatic rings. The predicted molar refractivity (Wildman–Crippen MR) is 130 cm³/mol. The predicted octanol–water partition coefficient (Wildman–Crippen LogP) is 2.86. The average Bonchev–Trinajstić information content (AvgIpc) is 3.33. The fraction of sp³-hybridized carbons (Fsp3) is 0.318. The number of ketones is 1. The Labute approximate surface area is 194 Å². The highest BCUT2D eigenvalue weighted by atomic mass is 32.2. The molecule has 0 saturated heterocycles. The van der Waals surface area contributed by atoms with Gasteiger partial charge in [-0.15, -0.1) is 23.1 Å². The Morgan fingerprint density at radius 3 is 2.78 bits per heavy atom. The van der Waals surface area contributed by atoms with Gasteiger partial charge in [-0.25, -0.2) is 9.97 Å². The van der Waals surface area contributed by atoms with Crippen LogP contribution in [0.25, 0.3) is 0 Å². The first-order valence-corrected chi connectivity index (χ1v) is 12.2. The number of nitrogens with one attached hydrogen (secondary N) is 2. The number of thiazole rings is 1. The molecule has 1 unspecified atom stereocenters. The number of nitrogens with zero attached hydrogens (tertiary/aromatic N) is 3. The fourth-order valence-electron chi connectivity index (χ4n) is 3.02. The molecular weight excluding hydrogens is 446 g/mol. The van der Waals surface area contributed by atoms with Crippen LogP contribution in [0.15, 0.2) is 59.1 Å². The quantitative estimate of drug-likeness (QED) is 0.392. The van der Waals surface area contributed by atoms with Gasteiger partial charge in [0.15, 0.2) is 5.82 Å². The number of hydrogen-bond acceptors (Lipinski definition) is 7. The van der Waals surface area contributed by atoms with E-state index in [1.54, 1.807) is 18.0 Å². The topological polar surface area (TPSA) is 110 Å². The molecule has 8 nitrogen and oxygen atoms in total. The van der Waals surface area contributed by atoms with E-state index in [1.807, 2.05) is 42.6 Å². The van der Waals surface area contributed by atoms with Crippen molar-refractivity contribution in [2.45, 2.75) is 31.7 Å². The third kappa shape index (κ3) is 6.76. The molecule has 32 heavy (non-hydrogen) atoms. The summed E-state index contributed by atoms with van der Waals surface area (Å²) in [7, 11) is 0. The molecule has 1 aromatic carbocycles. The van der Waals surface area contributed by atoms with E-state index in [9.17, 15) is 14.4 Å². The van der Waals surface area contributed by atoms with Crippen molar-refractivity contribution in [3.8, 4) is 0 Å². The molecule has 3 N–H and O–H groups in total. The Hall–Kier alpha value is -2.98. The Morgan fingerprint density at radius 2 is 2.06 bits per heavy atom. The lowest BCUT2D eigenvalue weighted by Crippen LogP contribution is -2.40. The zero-order chi connectivity index (χ0) is 22.8. The lowest BCUT2D eigenvalue weighted by molar-refractivity contribution is -0.124. The summed E-state index contributed by atoms with van der Waals surface area (Å²) in [6, 6.07) is 9.28. The molecule has 0 spiro atoms. The number of carbonyl (C=O) groups is 1. The van der Waals surface area contributed by atoms with Gasteiger partial charge < -0.3 is 10.6 Å². The molecule has 3 rings (SSSR count). The van der Waals surface area contributed by atoms with Crippen LogP contribution in [-0.2, 0) is 17.1 Å². The second kappa shape index (κ2) is 12.2. The van der Waals surface area contributed by atoms with E-state index < -0.39 is 6.04 Å². The number of aromatic nitrogens is 3. The number of anilines is 1. The maximum atomic E-state index is 12.8. The maximum absolute atomic E-state index is 12.8. The minimum absolute atomic E-state index is 0.0477. The first-order valence-electron chi connectivity index (χ1n) is 10.2. The van der Waals surface area contributed by atoms with Crippen LogP contribution in [0.3, 0.4) is 0 Å². The lowest BCUT2D eigenvalue weighted by atomic mass is 10.2. The van der Waals surface area contributed by atoms with Crippen molar-refractivity contribution in [1.82, 2.24) is 19.9 Å². The van der Waals surface area contributed by atoms with Gasteiger partial charge in [0.25, 0.3) is 5.56 Å². The summed E-state index contributed by atoms with van der Waals surface area (Å²) < 4.78 is 1.37. The van der Waals surface area contributed by atoms with Crippen LogP contribution >= 0.6 is 23.1 Å². The molecule has 10 heteroatoms. The first-order chi connectivity index (χ1) is 15.6. The standard InChI is InChI=1S/C22H25N5O3S2/c1-2-18(21(29)26-12-17(28)15-31-14-16-6-4-3-5-7-16)27-10-8-24-20(22(27)30)25-13-19-23-9-11-32-19/h3-11,18H,2,12-15H2,1H3,(H,24,25)(H,26,29)/p+1. The monoisotopic (exact) mass is 472 g/mol. The van der Waals surface area contributed by atoms with Crippen LogP contribution in [-0.4, -0.2) is 43.3 Å². The highest BCUT2D eigenvalue weighted by Gasteiger charge is 2.22. The molecular formula is C22H26N5O3S2+. The smallest absolute Gasteiger partial charge is 0.321 e. The van der Waals surface area contributed by atoms with E-state index in [0.29, 0.717) is 18.7 Å². The Balaban J connectivity index is 1.52. The van der Waals surface area contributed by atoms with E-state index in [2.05, 4.69) is 20.6 Å². The van der Waals surface area contributed by atoms with Gasteiger partial charge in [-0.1, -0.05) is 37.3 Å². The molecule has 2 heterocycles. The van der Waals surface area contributed by atoms with Crippen LogP contribution in [0.1, 0.15) is 30.0 Å². The van der Waals surface area contributed by atoms with Crippen LogP contribution in [0.4, 0.5) is 5.82 Å². The number of amides is 1. The summed E-state index contributed by atoms with van der Waals surface area (Å²) in [6.07, 6.45) is 5.11. The number of rotatable bonds is 12. The minimum Gasteiger partial charge on any atom is -0.359 e. The van der Waals surface area contributed by atoms with E-state index in [1.165, 1.54) is 33.9 Å². The fourth-order valence-corrected chi connectivity index (χ4v) is 4.44. The summed E-state index contributed by atoms with van der Waals surface area (Å²) in [5.74, 6) is 1.22. The van der Waals surface area contributed by atoms with Crippen molar-refractivity contribution in [2.75, 3.05) is 17.6 Å². The highest BCUT2D eigenvalue weighted by Crippen LogP contribution is 2.13. The lowest BCUT2D eigenvalue weighted by Gasteiger charge is -2.18. The number of thioether (sulfide) groups is 1. The maximum Gasteiger partial charge on any atom is 0.321 e. The van der Waals surface area contributed by atoms with Gasteiger partial charge in [0, 0.05) is 29.7 Å². The molecule has 0 saturated carbocycles. The number of carbonyl (C=O) groups excluding carboxylic acids is 2. The summed E-state index contributed by atoms with van der Waals surface area (Å²) >= 11 is 3.05. The SMILES string of the molecule is CCC(C(=O)NCC(=[OH+])CSCc1ccccc1)n1ccnc(NCc2nccs2)c1=O. The zero-order valence-corrected chi connectivity index (χ0v) is 19.4. The van der Waals surface area contributed by atoms with Crippen molar-refractivity contribution in [3.63, 3.8) is 0 Å². The van der Waals surface area contributed by atoms with Crippen molar-refractivity contribution in [1.29, 1.82) is 0 Å². The average molecular weight is 473 g/mol. The number of benzene rings is 1. The Bertz CT molecular complexity index is 1070. The van der Waals surface area contributed by atoms with Crippen molar-refractivity contribution in [3.05, 3.63) is 75.2 Å². The van der Waals surface area contributed by atoms with Gasteiger partial charge in [0.05, 0.1) is 6.54 Å². The van der Waals surface area contributed by atoms with E-state index in [4.69, 9.17) is 0 Å². The molecule has 0 fully saturated rings. The highest BCUT2D eigenvalue weighted by molar-refractivity contribution is 7.99. The third-order valence-corrected chi connectivity index (χ3v) is 6.48. The van der Waals surface area contributed by atoms with Gasteiger partial charge in [0.2, 0.25) is 5.91 Å². The largest absolute Gasteiger partial charge is 0.359 e. The molecule has 0 bridgehead atoms. The summed E-state index contributed by atoms with van der Waals surface area (Å²) in [4.78, 5) is 44.0. The minimum atomic E-state index is -0.698. The summed E-state index contributed by atoms with van der Waals surface area (Å²) in [6.45, 7) is 2.27. The normalized spacial score (nSPS) is 11.7. The van der Waals surface area contributed by atoms with Gasteiger partial charge in [-0.2, -0.15) is 0 Å². The summed E-state index contributed by atoms with van der Waals surface area (Å²) in [5, 5.41) is 8.41. The van der Waals surface area contributed by atoms with E-state index >= 15 is 0 Å². The molecule has 1 atom stereocenters. The van der Waals surface area contributed by atoms with Gasteiger partial charge in [-0.05, 0) is 12.0 Å². The van der Waals surface area contributed by atoms with Crippen molar-refractivity contribution < 1.29 is 9.59 Å². The second-order valence-corrected chi connectivity index (χ2v) is 8.92. The second-order valence-electron chi connectivity index (χ2n) is 6.95. The van der Waals surface area contributed by atoms with Crippen LogP contribution in [0, 0.1) is 0 Å².